The minimum Gasteiger partial charge on any atom is -0.438 e. The van der Waals surface area contributed by atoms with E-state index < -0.39 is 0 Å². The Bertz CT molecular complexity index is 999. The number of aryl methyl sites for hydroxylation is 4. The third kappa shape index (κ3) is 3.08. The summed E-state index contributed by atoms with van der Waals surface area (Å²) in [5.74, 6) is 0.867. The van der Waals surface area contributed by atoms with Crippen LogP contribution in [0.1, 0.15) is 22.3 Å². The average molecular weight is 327 g/mol. The molecule has 0 radical (unpaired) electrons. The maximum Gasteiger partial charge on any atom is 0.227 e. The lowest BCUT2D eigenvalue weighted by Crippen LogP contribution is -1.86. The molecule has 0 aliphatic heterocycles. The minimum atomic E-state index is 0.686. The van der Waals surface area contributed by atoms with Gasteiger partial charge in [0.2, 0.25) is 5.71 Å². The Labute approximate surface area is 148 Å². The van der Waals surface area contributed by atoms with Crippen LogP contribution in [0.2, 0.25) is 0 Å². The van der Waals surface area contributed by atoms with Crippen LogP contribution in [0.4, 0.5) is 0 Å². The van der Waals surface area contributed by atoms with Crippen LogP contribution in [-0.4, -0.2) is 4.98 Å². The second-order valence-corrected chi connectivity index (χ2v) is 6.95. The zero-order chi connectivity index (χ0) is 17.6. The monoisotopic (exact) mass is 327 g/mol. The molecule has 2 heteroatoms. The van der Waals surface area contributed by atoms with Crippen molar-refractivity contribution in [1.29, 1.82) is 0 Å². The van der Waals surface area contributed by atoms with Crippen molar-refractivity contribution in [2.45, 2.75) is 27.7 Å². The predicted octanol–water partition coefficient (Wildman–Crippen LogP) is 6.40. The van der Waals surface area contributed by atoms with Gasteiger partial charge in [-0.05, 0) is 70.2 Å². The highest BCUT2D eigenvalue weighted by atomic mass is 16.3. The fourth-order valence-corrected chi connectivity index (χ4v) is 3.46. The number of aromatic nitrogens is 1. The SMILES string of the molecule is Cc1cc(C)cc(-c2ccc3cc(-c4cc(C)cc(C)c4)oc3n2)c1. The fraction of sp³-hybridized carbons (Fsp3) is 0.174. The molecule has 2 heterocycles. The minimum absolute atomic E-state index is 0.686. The number of furan rings is 1. The first-order valence-corrected chi connectivity index (χ1v) is 8.56. The molecular formula is C23H21NO. The molecule has 0 N–H and O–H groups in total. The smallest absolute Gasteiger partial charge is 0.227 e. The zero-order valence-corrected chi connectivity index (χ0v) is 15.1. The largest absolute Gasteiger partial charge is 0.438 e. The van der Waals surface area contributed by atoms with Crippen LogP contribution in [0, 0.1) is 27.7 Å². The van der Waals surface area contributed by atoms with Crippen molar-refractivity contribution >= 4 is 11.1 Å². The van der Waals surface area contributed by atoms with E-state index >= 15 is 0 Å². The van der Waals surface area contributed by atoms with Crippen LogP contribution in [0.5, 0.6) is 0 Å². The fourth-order valence-electron chi connectivity index (χ4n) is 3.46. The van der Waals surface area contributed by atoms with E-state index in [1.54, 1.807) is 0 Å². The lowest BCUT2D eigenvalue weighted by molar-refractivity contribution is 0.619. The van der Waals surface area contributed by atoms with Crippen LogP contribution in [0.3, 0.4) is 0 Å². The highest BCUT2D eigenvalue weighted by molar-refractivity contribution is 5.82. The van der Waals surface area contributed by atoms with Gasteiger partial charge < -0.3 is 4.42 Å². The summed E-state index contributed by atoms with van der Waals surface area (Å²) in [6, 6.07) is 19.2. The summed E-state index contributed by atoms with van der Waals surface area (Å²) in [6.07, 6.45) is 0. The highest BCUT2D eigenvalue weighted by Gasteiger charge is 2.10. The number of pyridine rings is 1. The molecule has 0 aliphatic carbocycles. The third-order valence-corrected chi connectivity index (χ3v) is 4.41. The molecule has 0 fully saturated rings. The average Bonchev–Trinajstić information content (AvgIpc) is 2.96. The maximum atomic E-state index is 6.08. The quantitative estimate of drug-likeness (QED) is 0.426. The summed E-state index contributed by atoms with van der Waals surface area (Å²) in [6.45, 7) is 8.44. The van der Waals surface area contributed by atoms with E-state index in [1.807, 2.05) is 0 Å². The number of nitrogens with zero attached hydrogens (tertiary/aromatic N) is 1. The number of benzene rings is 2. The van der Waals surface area contributed by atoms with Gasteiger partial charge in [0.1, 0.15) is 5.76 Å². The van der Waals surface area contributed by atoms with Crippen LogP contribution < -0.4 is 0 Å². The Morgan fingerprint density at radius 3 is 1.80 bits per heavy atom. The number of rotatable bonds is 2. The molecule has 25 heavy (non-hydrogen) atoms. The second-order valence-electron chi connectivity index (χ2n) is 6.95. The van der Waals surface area contributed by atoms with E-state index in [4.69, 9.17) is 9.40 Å². The lowest BCUT2D eigenvalue weighted by Gasteiger charge is -2.04. The van der Waals surface area contributed by atoms with Crippen LogP contribution in [-0.2, 0) is 0 Å². The standard InChI is InChI=1S/C23H21NO/c1-14-7-15(2)10-19(9-14)21-6-5-18-13-22(25-23(18)24-21)20-11-16(3)8-17(4)12-20/h5-13H,1-4H3. The van der Waals surface area contributed by atoms with E-state index in [1.165, 1.54) is 22.3 Å². The molecule has 0 unspecified atom stereocenters. The molecular weight excluding hydrogens is 306 g/mol. The van der Waals surface area contributed by atoms with E-state index in [2.05, 4.69) is 82.3 Å². The van der Waals surface area contributed by atoms with Gasteiger partial charge >= 0.3 is 0 Å². The summed E-state index contributed by atoms with van der Waals surface area (Å²) in [4.78, 5) is 4.75. The first-order valence-electron chi connectivity index (χ1n) is 8.56. The molecule has 0 saturated carbocycles. The van der Waals surface area contributed by atoms with Gasteiger partial charge in [-0.1, -0.05) is 34.4 Å². The van der Waals surface area contributed by atoms with Crippen LogP contribution in [0.25, 0.3) is 33.7 Å². The topological polar surface area (TPSA) is 26.0 Å². The molecule has 0 spiro atoms. The molecule has 0 atom stereocenters. The van der Waals surface area contributed by atoms with E-state index in [-0.39, 0.29) is 0 Å². The summed E-state index contributed by atoms with van der Waals surface area (Å²) < 4.78 is 6.08. The van der Waals surface area contributed by atoms with Crippen molar-refractivity contribution in [3.8, 4) is 22.6 Å². The van der Waals surface area contributed by atoms with E-state index in [9.17, 15) is 0 Å². The Balaban J connectivity index is 1.81. The van der Waals surface area contributed by atoms with Gasteiger partial charge in [0.15, 0.2) is 0 Å². The molecule has 2 nitrogen and oxygen atoms in total. The van der Waals surface area contributed by atoms with E-state index in [0.29, 0.717) is 5.71 Å². The first kappa shape index (κ1) is 15.6. The highest BCUT2D eigenvalue weighted by Crippen LogP contribution is 2.30. The van der Waals surface area contributed by atoms with Crippen molar-refractivity contribution in [3.05, 3.63) is 76.9 Å². The number of hydrogen-bond donors (Lipinski definition) is 0. The van der Waals surface area contributed by atoms with Crippen molar-refractivity contribution in [2.24, 2.45) is 0 Å². The molecule has 0 bridgehead atoms. The molecule has 2 aromatic heterocycles. The molecule has 0 saturated heterocycles. The van der Waals surface area contributed by atoms with Crippen molar-refractivity contribution in [3.63, 3.8) is 0 Å². The Morgan fingerprint density at radius 1 is 0.640 bits per heavy atom. The van der Waals surface area contributed by atoms with Gasteiger partial charge in [-0.2, -0.15) is 0 Å². The first-order chi connectivity index (χ1) is 12.0. The third-order valence-electron chi connectivity index (χ3n) is 4.41. The van der Waals surface area contributed by atoms with Gasteiger partial charge in [-0.15, -0.1) is 0 Å². The number of hydrogen-bond acceptors (Lipinski definition) is 2. The van der Waals surface area contributed by atoms with Gasteiger partial charge in [0.05, 0.1) is 5.69 Å². The molecule has 4 aromatic rings. The summed E-state index contributed by atoms with van der Waals surface area (Å²) in [5, 5.41) is 1.03. The van der Waals surface area contributed by atoms with Gasteiger partial charge in [0, 0.05) is 16.5 Å². The Morgan fingerprint density at radius 2 is 1.20 bits per heavy atom. The summed E-state index contributed by atoms with van der Waals surface area (Å²) in [7, 11) is 0. The van der Waals surface area contributed by atoms with Crippen molar-refractivity contribution in [2.75, 3.05) is 0 Å². The molecule has 2 aromatic carbocycles. The molecule has 0 amide bonds. The van der Waals surface area contributed by atoms with Gasteiger partial charge in [0.25, 0.3) is 0 Å². The van der Waals surface area contributed by atoms with Crippen molar-refractivity contribution < 1.29 is 4.42 Å². The summed E-state index contributed by atoms with van der Waals surface area (Å²) >= 11 is 0. The van der Waals surface area contributed by atoms with Crippen LogP contribution >= 0.6 is 0 Å². The normalized spacial score (nSPS) is 11.2. The second kappa shape index (κ2) is 5.89. The van der Waals surface area contributed by atoms with Gasteiger partial charge in [-0.3, -0.25) is 0 Å². The zero-order valence-electron chi connectivity index (χ0n) is 15.1. The summed E-state index contributed by atoms with van der Waals surface area (Å²) in [5.41, 5.74) is 8.82. The molecule has 0 aliphatic rings. The van der Waals surface area contributed by atoms with Gasteiger partial charge in [-0.25, -0.2) is 4.98 Å². The predicted molar refractivity (Wildman–Crippen MR) is 104 cm³/mol. The Hall–Kier alpha value is -2.87. The van der Waals surface area contributed by atoms with Crippen molar-refractivity contribution in [1.82, 2.24) is 4.98 Å². The molecule has 4 rings (SSSR count). The Kier molecular flexibility index (Phi) is 3.69. The van der Waals surface area contributed by atoms with E-state index in [0.717, 1.165) is 28.0 Å². The maximum absolute atomic E-state index is 6.08. The molecule has 124 valence electrons. The lowest BCUT2D eigenvalue weighted by atomic mass is 10.0. The van der Waals surface area contributed by atoms with Crippen LogP contribution in [0.15, 0.2) is 59.0 Å². The number of fused-ring (bicyclic) bond motifs is 1.